The second-order valence-corrected chi connectivity index (χ2v) is 5.43. The lowest BCUT2D eigenvalue weighted by Crippen LogP contribution is -2.40. The van der Waals surface area contributed by atoms with E-state index in [1.165, 1.54) is 24.3 Å². The monoisotopic (exact) mass is 322 g/mol. The molecule has 0 aliphatic rings. The Balaban J connectivity index is 1.91. The quantitative estimate of drug-likeness (QED) is 0.820. The number of nitrogens with zero attached hydrogens (tertiary/aromatic N) is 1. The molecule has 2 N–H and O–H groups in total. The molecule has 1 amide bonds. The van der Waals surface area contributed by atoms with E-state index in [1.807, 2.05) is 36.4 Å². The average molecular weight is 322 g/mol. The van der Waals surface area contributed by atoms with Gasteiger partial charge < -0.3 is 10.4 Å². The van der Waals surface area contributed by atoms with E-state index in [0.717, 1.165) is 12.0 Å². The van der Waals surface area contributed by atoms with Crippen molar-refractivity contribution in [3.8, 4) is 6.07 Å². The number of nitrogens with one attached hydrogen (secondary N) is 1. The van der Waals surface area contributed by atoms with Gasteiger partial charge in [-0.3, -0.25) is 4.79 Å². The van der Waals surface area contributed by atoms with Crippen LogP contribution in [0.2, 0.25) is 0 Å². The number of hydrogen-bond donors (Lipinski definition) is 2. The summed E-state index contributed by atoms with van der Waals surface area (Å²) in [6.07, 6.45) is 1.78. The van der Waals surface area contributed by atoms with Crippen molar-refractivity contribution in [1.82, 2.24) is 5.32 Å². The number of carbonyl (C=O) groups is 2. The molecular formula is C19H18N2O3. The fourth-order valence-corrected chi connectivity index (χ4v) is 2.35. The standard InChI is InChI=1S/C19H18N2O3/c20-13-15-9-11-16(12-10-15)18(22)21-17(19(23)24)8-4-7-14-5-2-1-3-6-14/h1-3,5-6,9-12,17H,4,7-8H2,(H,21,22)(H,23,24)/t17-/m1/s1. The highest BCUT2D eigenvalue weighted by molar-refractivity contribution is 5.96. The molecule has 122 valence electrons. The molecule has 2 aromatic rings. The van der Waals surface area contributed by atoms with Gasteiger partial charge in [0.2, 0.25) is 0 Å². The number of aliphatic carboxylic acids is 1. The predicted octanol–water partition coefficient (Wildman–Crippen LogP) is 2.76. The smallest absolute Gasteiger partial charge is 0.326 e. The van der Waals surface area contributed by atoms with Crippen LogP contribution >= 0.6 is 0 Å². The lowest BCUT2D eigenvalue weighted by atomic mass is 10.0. The Labute approximate surface area is 140 Å². The van der Waals surface area contributed by atoms with Gasteiger partial charge in [-0.2, -0.15) is 5.26 Å². The largest absolute Gasteiger partial charge is 0.480 e. The van der Waals surface area contributed by atoms with Crippen molar-refractivity contribution in [3.05, 3.63) is 71.3 Å². The Bertz CT molecular complexity index is 733. The van der Waals surface area contributed by atoms with Gasteiger partial charge in [-0.1, -0.05) is 30.3 Å². The number of carboxylic acids is 1. The Morgan fingerprint density at radius 1 is 1.08 bits per heavy atom. The van der Waals surface area contributed by atoms with Gasteiger partial charge >= 0.3 is 5.97 Å². The van der Waals surface area contributed by atoms with Crippen molar-refractivity contribution in [2.75, 3.05) is 0 Å². The Kier molecular flexibility index (Phi) is 6.09. The average Bonchev–Trinajstić information content (AvgIpc) is 2.61. The number of carbonyl (C=O) groups excluding carboxylic acids is 1. The molecule has 0 fully saturated rings. The highest BCUT2D eigenvalue weighted by Gasteiger charge is 2.20. The van der Waals surface area contributed by atoms with E-state index < -0.39 is 17.9 Å². The first kappa shape index (κ1) is 17.2. The molecule has 0 spiro atoms. The van der Waals surface area contributed by atoms with Crippen molar-refractivity contribution in [2.24, 2.45) is 0 Å². The summed E-state index contributed by atoms with van der Waals surface area (Å²) in [5, 5.41) is 20.6. The first-order chi connectivity index (χ1) is 11.6. The molecule has 1 atom stereocenters. The summed E-state index contributed by atoms with van der Waals surface area (Å²) in [4.78, 5) is 23.5. The highest BCUT2D eigenvalue weighted by Crippen LogP contribution is 2.09. The van der Waals surface area contributed by atoms with E-state index in [9.17, 15) is 14.7 Å². The van der Waals surface area contributed by atoms with Gasteiger partial charge in [0.15, 0.2) is 0 Å². The maximum absolute atomic E-state index is 12.1. The predicted molar refractivity (Wildman–Crippen MR) is 89.4 cm³/mol. The molecule has 2 aromatic carbocycles. The summed E-state index contributed by atoms with van der Waals surface area (Å²) < 4.78 is 0. The van der Waals surface area contributed by atoms with E-state index in [-0.39, 0.29) is 0 Å². The SMILES string of the molecule is N#Cc1ccc(C(=O)N[C@H](CCCc2ccccc2)C(=O)O)cc1. The molecular weight excluding hydrogens is 304 g/mol. The summed E-state index contributed by atoms with van der Waals surface area (Å²) in [6, 6.07) is 16.9. The molecule has 2 rings (SSSR count). The van der Waals surface area contributed by atoms with E-state index in [0.29, 0.717) is 24.0 Å². The number of hydrogen-bond acceptors (Lipinski definition) is 3. The molecule has 0 aliphatic carbocycles. The van der Waals surface area contributed by atoms with Gasteiger partial charge in [0.1, 0.15) is 6.04 Å². The van der Waals surface area contributed by atoms with Crippen LogP contribution in [0, 0.1) is 11.3 Å². The van der Waals surface area contributed by atoms with Crippen molar-refractivity contribution < 1.29 is 14.7 Å². The first-order valence-corrected chi connectivity index (χ1v) is 7.68. The zero-order valence-corrected chi connectivity index (χ0v) is 13.1. The van der Waals surface area contributed by atoms with Crippen LogP contribution in [0.15, 0.2) is 54.6 Å². The first-order valence-electron chi connectivity index (χ1n) is 7.68. The van der Waals surface area contributed by atoms with Crippen LogP contribution in [0.5, 0.6) is 0 Å². The maximum Gasteiger partial charge on any atom is 0.326 e. The minimum atomic E-state index is -1.05. The topological polar surface area (TPSA) is 90.2 Å². The van der Waals surface area contributed by atoms with Crippen molar-refractivity contribution in [1.29, 1.82) is 5.26 Å². The summed E-state index contributed by atoms with van der Waals surface area (Å²) in [7, 11) is 0. The molecule has 0 saturated heterocycles. The lowest BCUT2D eigenvalue weighted by molar-refractivity contribution is -0.139. The highest BCUT2D eigenvalue weighted by atomic mass is 16.4. The fraction of sp³-hybridized carbons (Fsp3) is 0.211. The normalized spacial score (nSPS) is 11.3. The number of rotatable bonds is 7. The summed E-state index contributed by atoms with van der Waals surface area (Å²) in [5.41, 5.74) is 1.92. The van der Waals surface area contributed by atoms with Gasteiger partial charge in [0, 0.05) is 5.56 Å². The van der Waals surface area contributed by atoms with E-state index >= 15 is 0 Å². The van der Waals surface area contributed by atoms with Crippen LogP contribution in [0.3, 0.4) is 0 Å². The number of aryl methyl sites for hydroxylation is 1. The van der Waals surface area contributed by atoms with Crippen LogP contribution < -0.4 is 5.32 Å². The van der Waals surface area contributed by atoms with Crippen molar-refractivity contribution in [2.45, 2.75) is 25.3 Å². The Morgan fingerprint density at radius 2 is 1.75 bits per heavy atom. The van der Waals surface area contributed by atoms with Gasteiger partial charge in [0.25, 0.3) is 5.91 Å². The molecule has 0 radical (unpaired) electrons. The second kappa shape index (κ2) is 8.49. The third-order valence-corrected chi connectivity index (χ3v) is 3.68. The van der Waals surface area contributed by atoms with Crippen LogP contribution in [0.1, 0.15) is 34.3 Å². The van der Waals surface area contributed by atoms with E-state index in [4.69, 9.17) is 5.26 Å². The molecule has 0 saturated carbocycles. The van der Waals surface area contributed by atoms with Gasteiger partial charge in [-0.15, -0.1) is 0 Å². The fourth-order valence-electron chi connectivity index (χ4n) is 2.35. The van der Waals surface area contributed by atoms with Crippen LogP contribution in [-0.4, -0.2) is 23.0 Å². The molecule has 24 heavy (non-hydrogen) atoms. The third-order valence-electron chi connectivity index (χ3n) is 3.68. The van der Waals surface area contributed by atoms with E-state index in [1.54, 1.807) is 0 Å². The maximum atomic E-state index is 12.1. The molecule has 0 aromatic heterocycles. The molecule has 5 heteroatoms. The van der Waals surface area contributed by atoms with Gasteiger partial charge in [-0.05, 0) is 49.1 Å². The minimum absolute atomic E-state index is 0.336. The van der Waals surface area contributed by atoms with Crippen LogP contribution in [0.4, 0.5) is 0 Å². The Hall–Kier alpha value is -3.13. The van der Waals surface area contributed by atoms with Gasteiger partial charge in [0.05, 0.1) is 11.6 Å². The van der Waals surface area contributed by atoms with Gasteiger partial charge in [-0.25, -0.2) is 4.79 Å². The summed E-state index contributed by atoms with van der Waals surface area (Å²) in [5.74, 6) is -1.50. The minimum Gasteiger partial charge on any atom is -0.480 e. The number of carboxylic acid groups (broad SMARTS) is 1. The summed E-state index contributed by atoms with van der Waals surface area (Å²) in [6.45, 7) is 0. The third kappa shape index (κ3) is 4.96. The number of benzene rings is 2. The second-order valence-electron chi connectivity index (χ2n) is 5.43. The molecule has 0 aliphatic heterocycles. The molecule has 0 heterocycles. The Morgan fingerprint density at radius 3 is 2.33 bits per heavy atom. The number of amides is 1. The zero-order valence-electron chi connectivity index (χ0n) is 13.1. The van der Waals surface area contributed by atoms with Crippen molar-refractivity contribution >= 4 is 11.9 Å². The van der Waals surface area contributed by atoms with Crippen molar-refractivity contribution in [3.63, 3.8) is 0 Å². The molecule has 0 bridgehead atoms. The zero-order chi connectivity index (χ0) is 17.4. The summed E-state index contributed by atoms with van der Waals surface area (Å²) >= 11 is 0. The van der Waals surface area contributed by atoms with Crippen LogP contribution in [-0.2, 0) is 11.2 Å². The van der Waals surface area contributed by atoms with E-state index in [2.05, 4.69) is 5.32 Å². The van der Waals surface area contributed by atoms with Crippen LogP contribution in [0.25, 0.3) is 0 Å². The lowest BCUT2D eigenvalue weighted by Gasteiger charge is -2.14. The number of nitriles is 1. The molecule has 5 nitrogen and oxygen atoms in total. The molecule has 0 unspecified atom stereocenters.